The van der Waals surface area contributed by atoms with Gasteiger partial charge in [-0.15, -0.1) is 0 Å². The van der Waals surface area contributed by atoms with Crippen LogP contribution in [-0.2, 0) is 6.54 Å². The van der Waals surface area contributed by atoms with Crippen LogP contribution in [0.2, 0.25) is 0 Å². The van der Waals surface area contributed by atoms with Crippen molar-refractivity contribution in [2.45, 2.75) is 20.4 Å². The number of aryl methyl sites for hydroxylation is 1. The van der Waals surface area contributed by atoms with Crippen LogP contribution in [0.5, 0.6) is 5.75 Å². The number of nitrogens with one attached hydrogen (secondary N) is 1. The first kappa shape index (κ1) is 17.7. The molecule has 0 spiro atoms. The Morgan fingerprint density at radius 3 is 2.58 bits per heavy atom. The molecule has 0 aliphatic rings. The van der Waals surface area contributed by atoms with Gasteiger partial charge in [0.05, 0.1) is 18.5 Å². The lowest BCUT2D eigenvalue weighted by Crippen LogP contribution is -2.23. The SMILES string of the molecule is COc1ccc(C(=O)NCc2c(C)nn(-c3ccccc3)c2C)cc1F. The number of methoxy groups -OCH3 is 1. The molecule has 0 aliphatic carbocycles. The second-order valence-corrected chi connectivity index (χ2v) is 5.93. The quantitative estimate of drug-likeness (QED) is 0.763. The predicted molar refractivity (Wildman–Crippen MR) is 97.2 cm³/mol. The lowest BCUT2D eigenvalue weighted by molar-refractivity contribution is 0.0950. The average Bonchev–Trinajstić information content (AvgIpc) is 2.94. The average molecular weight is 353 g/mol. The standard InChI is InChI=1S/C20H20FN3O2/c1-13-17(14(2)24(23-13)16-7-5-4-6-8-16)12-22-20(25)15-9-10-19(26-3)18(21)11-15/h4-11H,12H2,1-3H3,(H,22,25). The monoisotopic (exact) mass is 353 g/mol. The van der Waals surface area contributed by atoms with Crippen molar-refractivity contribution in [3.05, 3.63) is 76.9 Å². The Hall–Kier alpha value is -3.15. The number of halogens is 1. The van der Waals surface area contributed by atoms with E-state index in [1.807, 2.05) is 48.9 Å². The fourth-order valence-electron chi connectivity index (χ4n) is 2.83. The molecule has 1 aromatic heterocycles. The second kappa shape index (κ2) is 7.39. The summed E-state index contributed by atoms with van der Waals surface area (Å²) in [5, 5.41) is 7.38. The molecule has 0 saturated carbocycles. The Balaban J connectivity index is 1.77. The highest BCUT2D eigenvalue weighted by Crippen LogP contribution is 2.19. The Kier molecular flexibility index (Phi) is 5.02. The molecule has 1 amide bonds. The van der Waals surface area contributed by atoms with Crippen LogP contribution in [0.3, 0.4) is 0 Å². The van der Waals surface area contributed by atoms with Crippen LogP contribution in [0, 0.1) is 19.7 Å². The van der Waals surface area contributed by atoms with E-state index in [1.165, 1.54) is 25.3 Å². The van der Waals surface area contributed by atoms with Crippen molar-refractivity contribution in [3.63, 3.8) is 0 Å². The van der Waals surface area contributed by atoms with Crippen molar-refractivity contribution in [2.24, 2.45) is 0 Å². The van der Waals surface area contributed by atoms with Crippen molar-refractivity contribution in [1.82, 2.24) is 15.1 Å². The highest BCUT2D eigenvalue weighted by atomic mass is 19.1. The normalized spacial score (nSPS) is 10.6. The number of hydrogen-bond donors (Lipinski definition) is 1. The molecule has 0 atom stereocenters. The molecule has 0 aliphatic heterocycles. The van der Waals surface area contributed by atoms with Gasteiger partial charge in [-0.1, -0.05) is 18.2 Å². The zero-order valence-corrected chi connectivity index (χ0v) is 14.9. The van der Waals surface area contributed by atoms with Gasteiger partial charge in [-0.3, -0.25) is 4.79 Å². The van der Waals surface area contributed by atoms with E-state index in [0.717, 1.165) is 22.6 Å². The molecule has 0 saturated heterocycles. The van der Waals surface area contributed by atoms with Crippen LogP contribution >= 0.6 is 0 Å². The van der Waals surface area contributed by atoms with Crippen LogP contribution in [0.1, 0.15) is 27.3 Å². The largest absolute Gasteiger partial charge is 0.494 e. The van der Waals surface area contributed by atoms with Crippen molar-refractivity contribution in [1.29, 1.82) is 0 Å². The topological polar surface area (TPSA) is 56.1 Å². The van der Waals surface area contributed by atoms with Gasteiger partial charge in [0.15, 0.2) is 11.6 Å². The highest BCUT2D eigenvalue weighted by molar-refractivity contribution is 5.94. The third-order valence-electron chi connectivity index (χ3n) is 4.28. The van der Waals surface area contributed by atoms with Crippen molar-refractivity contribution in [2.75, 3.05) is 7.11 Å². The number of nitrogens with zero attached hydrogens (tertiary/aromatic N) is 2. The van der Waals surface area contributed by atoms with E-state index in [1.54, 1.807) is 0 Å². The molecule has 3 aromatic rings. The Morgan fingerprint density at radius 2 is 1.92 bits per heavy atom. The Bertz CT molecular complexity index is 936. The number of rotatable bonds is 5. The van der Waals surface area contributed by atoms with Gasteiger partial charge in [0.2, 0.25) is 0 Å². The minimum atomic E-state index is -0.565. The molecule has 6 heteroatoms. The number of benzene rings is 2. The van der Waals surface area contributed by atoms with Crippen LogP contribution < -0.4 is 10.1 Å². The molecule has 5 nitrogen and oxygen atoms in total. The number of hydrogen-bond acceptors (Lipinski definition) is 3. The van der Waals surface area contributed by atoms with E-state index in [-0.39, 0.29) is 17.2 Å². The summed E-state index contributed by atoms with van der Waals surface area (Å²) in [6.45, 7) is 4.18. The third kappa shape index (κ3) is 3.44. The van der Waals surface area contributed by atoms with Gasteiger partial charge in [0.1, 0.15) is 0 Å². The molecular formula is C20H20FN3O2. The van der Waals surface area contributed by atoms with E-state index in [2.05, 4.69) is 10.4 Å². The predicted octanol–water partition coefficient (Wildman–Crippen LogP) is 3.57. The maximum absolute atomic E-state index is 13.8. The molecule has 0 bridgehead atoms. The van der Waals surface area contributed by atoms with Crippen molar-refractivity contribution < 1.29 is 13.9 Å². The lowest BCUT2D eigenvalue weighted by atomic mass is 10.1. The van der Waals surface area contributed by atoms with E-state index in [9.17, 15) is 9.18 Å². The summed E-state index contributed by atoms with van der Waals surface area (Å²) in [4.78, 5) is 12.3. The minimum absolute atomic E-state index is 0.109. The first-order valence-electron chi connectivity index (χ1n) is 8.23. The van der Waals surface area contributed by atoms with E-state index in [0.29, 0.717) is 6.54 Å². The zero-order chi connectivity index (χ0) is 18.7. The summed E-state index contributed by atoms with van der Waals surface area (Å²) in [5.74, 6) is -0.806. The summed E-state index contributed by atoms with van der Waals surface area (Å²) in [5.41, 5.74) is 3.94. The molecule has 26 heavy (non-hydrogen) atoms. The molecule has 0 radical (unpaired) electrons. The van der Waals surface area contributed by atoms with Gasteiger partial charge in [-0.2, -0.15) is 5.10 Å². The van der Waals surface area contributed by atoms with E-state index >= 15 is 0 Å². The van der Waals surface area contributed by atoms with Crippen molar-refractivity contribution in [3.8, 4) is 11.4 Å². The van der Waals surface area contributed by atoms with E-state index < -0.39 is 5.82 Å². The van der Waals surface area contributed by atoms with Crippen molar-refractivity contribution >= 4 is 5.91 Å². The maximum Gasteiger partial charge on any atom is 0.251 e. The van der Waals surface area contributed by atoms with Gasteiger partial charge in [-0.25, -0.2) is 9.07 Å². The first-order valence-corrected chi connectivity index (χ1v) is 8.23. The summed E-state index contributed by atoms with van der Waals surface area (Å²) in [7, 11) is 1.38. The number of carbonyl (C=O) groups is 1. The number of para-hydroxylation sites is 1. The first-order chi connectivity index (χ1) is 12.5. The molecular weight excluding hydrogens is 333 g/mol. The number of ether oxygens (including phenoxy) is 1. The zero-order valence-electron chi connectivity index (χ0n) is 14.9. The Labute approximate surface area is 151 Å². The van der Waals surface area contributed by atoms with Gasteiger partial charge in [-0.05, 0) is 44.2 Å². The highest BCUT2D eigenvalue weighted by Gasteiger charge is 2.15. The van der Waals surface area contributed by atoms with E-state index in [4.69, 9.17) is 4.74 Å². The van der Waals surface area contributed by atoms with Crippen LogP contribution in [0.25, 0.3) is 5.69 Å². The number of carbonyl (C=O) groups excluding carboxylic acids is 1. The fourth-order valence-corrected chi connectivity index (χ4v) is 2.83. The summed E-state index contributed by atoms with van der Waals surface area (Å²) in [6.07, 6.45) is 0. The summed E-state index contributed by atoms with van der Waals surface area (Å²) >= 11 is 0. The molecule has 0 unspecified atom stereocenters. The molecule has 1 heterocycles. The molecule has 2 aromatic carbocycles. The maximum atomic E-state index is 13.8. The molecule has 0 fully saturated rings. The third-order valence-corrected chi connectivity index (χ3v) is 4.28. The molecule has 3 rings (SSSR count). The molecule has 1 N–H and O–H groups in total. The summed E-state index contributed by atoms with van der Waals surface area (Å²) in [6, 6.07) is 13.9. The van der Waals surface area contributed by atoms with Crippen LogP contribution in [-0.4, -0.2) is 22.8 Å². The number of aromatic nitrogens is 2. The summed E-state index contributed by atoms with van der Waals surface area (Å²) < 4.78 is 20.5. The smallest absolute Gasteiger partial charge is 0.251 e. The number of amides is 1. The van der Waals surface area contributed by atoms with Gasteiger partial charge in [0.25, 0.3) is 5.91 Å². The van der Waals surface area contributed by atoms with Crippen LogP contribution in [0.15, 0.2) is 48.5 Å². The minimum Gasteiger partial charge on any atom is -0.494 e. The fraction of sp³-hybridized carbons (Fsp3) is 0.200. The van der Waals surface area contributed by atoms with Gasteiger partial charge >= 0.3 is 0 Å². The molecule has 134 valence electrons. The van der Waals surface area contributed by atoms with Crippen LogP contribution in [0.4, 0.5) is 4.39 Å². The van der Waals surface area contributed by atoms with Gasteiger partial charge < -0.3 is 10.1 Å². The lowest BCUT2D eigenvalue weighted by Gasteiger charge is -2.08. The Morgan fingerprint density at radius 1 is 1.19 bits per heavy atom. The van der Waals surface area contributed by atoms with Gasteiger partial charge in [0, 0.05) is 23.4 Å². The second-order valence-electron chi connectivity index (χ2n) is 5.93.